The Labute approximate surface area is 183 Å². The molecule has 8 heteroatoms. The molecule has 0 spiro atoms. The smallest absolute Gasteiger partial charge is 0.256 e. The second-order valence-electron chi connectivity index (χ2n) is 9.16. The van der Waals surface area contributed by atoms with Crippen molar-refractivity contribution in [3.8, 4) is 5.75 Å². The van der Waals surface area contributed by atoms with Crippen LogP contribution in [0.5, 0.6) is 5.75 Å². The average molecular weight is 436 g/mol. The van der Waals surface area contributed by atoms with Gasteiger partial charge in [0.25, 0.3) is 5.91 Å². The molecule has 1 amide bonds. The van der Waals surface area contributed by atoms with E-state index in [4.69, 9.17) is 28.4 Å². The standard InChI is InChI=1S/C23H33NO7/c1-6-7-8-13-26-15-11-9-14(10-12-15)24-20(25)18-16-17(29-22(2,3)28-16)19-21(27-18)31-23(4,5)30-19/h9-12,16-19,21H,6-8,13H2,1-5H3,(H,24,25)/t16-,17-,18-,19-,21-/m1/s1. The fraction of sp³-hybridized carbons (Fsp3) is 0.696. The maximum Gasteiger partial charge on any atom is 0.256 e. The lowest BCUT2D eigenvalue weighted by atomic mass is 9.98. The molecule has 1 aromatic rings. The van der Waals surface area contributed by atoms with Crippen LogP contribution in [0.15, 0.2) is 24.3 Å². The topological polar surface area (TPSA) is 84.5 Å². The molecule has 0 unspecified atom stereocenters. The molecule has 3 saturated heterocycles. The maximum atomic E-state index is 13.1. The van der Waals surface area contributed by atoms with Gasteiger partial charge < -0.3 is 33.7 Å². The normalized spacial score (nSPS) is 32.9. The molecule has 31 heavy (non-hydrogen) atoms. The van der Waals surface area contributed by atoms with Gasteiger partial charge in [0, 0.05) is 5.69 Å². The van der Waals surface area contributed by atoms with E-state index in [1.165, 1.54) is 0 Å². The summed E-state index contributed by atoms with van der Waals surface area (Å²) >= 11 is 0. The lowest BCUT2D eigenvalue weighted by Gasteiger charge is -2.36. The van der Waals surface area contributed by atoms with Crippen molar-refractivity contribution in [3.63, 3.8) is 0 Å². The number of hydrogen-bond acceptors (Lipinski definition) is 7. The van der Waals surface area contributed by atoms with Crippen LogP contribution in [0.1, 0.15) is 53.9 Å². The molecule has 3 fully saturated rings. The van der Waals surface area contributed by atoms with Crippen molar-refractivity contribution in [2.75, 3.05) is 11.9 Å². The van der Waals surface area contributed by atoms with Gasteiger partial charge in [0.2, 0.25) is 0 Å². The van der Waals surface area contributed by atoms with Crippen LogP contribution in [-0.4, -0.2) is 54.8 Å². The van der Waals surface area contributed by atoms with Gasteiger partial charge in [0.15, 0.2) is 24.0 Å². The number of carbonyl (C=O) groups is 1. The number of ether oxygens (including phenoxy) is 6. The molecule has 1 aromatic carbocycles. The summed E-state index contributed by atoms with van der Waals surface area (Å²) in [5.41, 5.74) is 0.648. The van der Waals surface area contributed by atoms with Crippen LogP contribution in [0.25, 0.3) is 0 Å². The zero-order chi connectivity index (χ0) is 22.2. The van der Waals surface area contributed by atoms with E-state index in [1.54, 1.807) is 0 Å². The highest BCUT2D eigenvalue weighted by Gasteiger charge is 2.62. The van der Waals surface area contributed by atoms with Gasteiger partial charge in [0.05, 0.1) is 6.61 Å². The summed E-state index contributed by atoms with van der Waals surface area (Å²) in [6.07, 6.45) is 0.198. The van der Waals surface area contributed by atoms with Crippen LogP contribution in [-0.2, 0) is 28.5 Å². The van der Waals surface area contributed by atoms with Crippen molar-refractivity contribution < 1.29 is 33.2 Å². The highest BCUT2D eigenvalue weighted by Crippen LogP contribution is 2.44. The maximum absolute atomic E-state index is 13.1. The molecule has 1 N–H and O–H groups in total. The molecular formula is C23H33NO7. The Balaban J connectivity index is 1.42. The van der Waals surface area contributed by atoms with Crippen LogP contribution in [0.2, 0.25) is 0 Å². The van der Waals surface area contributed by atoms with E-state index in [0.717, 1.165) is 25.0 Å². The van der Waals surface area contributed by atoms with E-state index < -0.39 is 42.3 Å². The molecular weight excluding hydrogens is 402 g/mol. The number of fused-ring (bicyclic) bond motifs is 3. The van der Waals surface area contributed by atoms with Crippen LogP contribution in [0.3, 0.4) is 0 Å². The Morgan fingerprint density at radius 2 is 1.58 bits per heavy atom. The van der Waals surface area contributed by atoms with Gasteiger partial charge in [-0.05, 0) is 58.4 Å². The van der Waals surface area contributed by atoms with E-state index in [2.05, 4.69) is 12.2 Å². The molecule has 8 nitrogen and oxygen atoms in total. The zero-order valence-electron chi connectivity index (χ0n) is 18.9. The van der Waals surface area contributed by atoms with Gasteiger partial charge >= 0.3 is 0 Å². The molecule has 0 bridgehead atoms. The number of benzene rings is 1. The van der Waals surface area contributed by atoms with Crippen molar-refractivity contribution in [3.05, 3.63) is 24.3 Å². The third-order valence-electron chi connectivity index (χ3n) is 5.55. The third-order valence-corrected chi connectivity index (χ3v) is 5.55. The van der Waals surface area contributed by atoms with E-state index in [9.17, 15) is 4.79 Å². The number of carbonyl (C=O) groups excluding carboxylic acids is 1. The van der Waals surface area contributed by atoms with Crippen molar-refractivity contribution >= 4 is 11.6 Å². The molecule has 4 rings (SSSR count). The predicted octanol–water partition coefficient (Wildman–Crippen LogP) is 3.59. The Bertz CT molecular complexity index is 779. The number of nitrogens with one attached hydrogen (secondary N) is 1. The SMILES string of the molecule is CCCCCOc1ccc(NC(=O)[C@@H]2O[C@@H]3OC(C)(C)O[C@@H]3[C@@H]3OC(C)(C)O[C@H]32)cc1. The largest absolute Gasteiger partial charge is 0.494 e. The number of hydrogen-bond donors (Lipinski definition) is 1. The number of rotatable bonds is 7. The summed E-state index contributed by atoms with van der Waals surface area (Å²) in [5, 5.41) is 2.90. The van der Waals surface area contributed by atoms with Gasteiger partial charge in [-0.2, -0.15) is 0 Å². The average Bonchev–Trinajstić information content (AvgIpc) is 3.19. The monoisotopic (exact) mass is 435 g/mol. The minimum atomic E-state index is -0.893. The quantitative estimate of drug-likeness (QED) is 0.655. The second-order valence-corrected chi connectivity index (χ2v) is 9.16. The summed E-state index contributed by atoms with van der Waals surface area (Å²) in [7, 11) is 0. The zero-order valence-corrected chi connectivity index (χ0v) is 18.9. The van der Waals surface area contributed by atoms with Crippen molar-refractivity contribution in [1.29, 1.82) is 0 Å². The van der Waals surface area contributed by atoms with E-state index in [-0.39, 0.29) is 5.91 Å². The van der Waals surface area contributed by atoms with Crippen LogP contribution in [0, 0.1) is 0 Å². The summed E-state index contributed by atoms with van der Waals surface area (Å²) in [4.78, 5) is 13.1. The summed E-state index contributed by atoms with van der Waals surface area (Å²) < 4.78 is 35.6. The number of amides is 1. The summed E-state index contributed by atoms with van der Waals surface area (Å²) in [6, 6.07) is 7.31. The number of anilines is 1. The van der Waals surface area contributed by atoms with Crippen LogP contribution < -0.4 is 10.1 Å². The van der Waals surface area contributed by atoms with Crippen molar-refractivity contribution in [1.82, 2.24) is 0 Å². The Kier molecular flexibility index (Phi) is 6.29. The molecule has 5 atom stereocenters. The highest BCUT2D eigenvalue weighted by atomic mass is 16.9. The Morgan fingerprint density at radius 1 is 0.935 bits per heavy atom. The summed E-state index contributed by atoms with van der Waals surface area (Å²) in [6.45, 7) is 10.1. The molecule has 0 saturated carbocycles. The van der Waals surface area contributed by atoms with Gasteiger partial charge in [-0.3, -0.25) is 4.79 Å². The highest BCUT2D eigenvalue weighted by molar-refractivity contribution is 5.94. The first kappa shape index (κ1) is 22.5. The minimum absolute atomic E-state index is 0.320. The van der Waals surface area contributed by atoms with Gasteiger partial charge in [-0.1, -0.05) is 19.8 Å². The molecule has 0 radical (unpaired) electrons. The van der Waals surface area contributed by atoms with Gasteiger partial charge in [-0.25, -0.2) is 0 Å². The molecule has 172 valence electrons. The first-order valence-corrected chi connectivity index (χ1v) is 11.1. The van der Waals surface area contributed by atoms with Crippen LogP contribution >= 0.6 is 0 Å². The van der Waals surface area contributed by atoms with Crippen molar-refractivity contribution in [2.45, 2.75) is 96.2 Å². The minimum Gasteiger partial charge on any atom is -0.494 e. The molecule has 3 aliphatic rings. The van der Waals surface area contributed by atoms with Crippen LogP contribution in [0.4, 0.5) is 5.69 Å². The van der Waals surface area contributed by atoms with Gasteiger partial charge in [0.1, 0.15) is 24.1 Å². The van der Waals surface area contributed by atoms with Crippen molar-refractivity contribution in [2.24, 2.45) is 0 Å². The lowest BCUT2D eigenvalue weighted by molar-refractivity contribution is -0.229. The Hall–Kier alpha value is -1.71. The summed E-state index contributed by atoms with van der Waals surface area (Å²) in [5.74, 6) is -1.22. The van der Waals surface area contributed by atoms with E-state index in [1.807, 2.05) is 52.0 Å². The third kappa shape index (κ3) is 5.04. The fourth-order valence-electron chi connectivity index (χ4n) is 4.21. The number of unbranched alkanes of at least 4 members (excludes halogenated alkanes) is 2. The molecule has 0 aromatic heterocycles. The first-order valence-electron chi connectivity index (χ1n) is 11.1. The fourth-order valence-corrected chi connectivity index (χ4v) is 4.21. The van der Waals surface area contributed by atoms with Gasteiger partial charge in [-0.15, -0.1) is 0 Å². The predicted molar refractivity (Wildman–Crippen MR) is 113 cm³/mol. The Morgan fingerprint density at radius 3 is 2.29 bits per heavy atom. The second kappa shape index (κ2) is 8.67. The van der Waals surface area contributed by atoms with E-state index in [0.29, 0.717) is 12.3 Å². The molecule has 3 heterocycles. The lowest BCUT2D eigenvalue weighted by Crippen LogP contribution is -2.58. The molecule has 0 aliphatic carbocycles. The molecule has 3 aliphatic heterocycles. The first-order chi connectivity index (χ1) is 14.7. The van der Waals surface area contributed by atoms with E-state index >= 15 is 0 Å².